The van der Waals surface area contributed by atoms with Gasteiger partial charge in [-0.2, -0.15) is 5.10 Å². The van der Waals surface area contributed by atoms with Crippen LogP contribution in [0.1, 0.15) is 37.3 Å². The zero-order valence-electron chi connectivity index (χ0n) is 18.4. The van der Waals surface area contributed by atoms with Gasteiger partial charge in [-0.3, -0.25) is 10.3 Å². The first-order valence-corrected chi connectivity index (χ1v) is 11.1. The number of anilines is 3. The minimum absolute atomic E-state index is 0.321. The number of nitrogens with two attached hydrogens (primary N) is 1. The van der Waals surface area contributed by atoms with E-state index in [0.717, 1.165) is 24.2 Å². The number of urea groups is 1. The number of aromatic nitrogens is 5. The Morgan fingerprint density at radius 1 is 1.00 bits per heavy atom. The van der Waals surface area contributed by atoms with E-state index < -0.39 is 0 Å². The van der Waals surface area contributed by atoms with Gasteiger partial charge in [-0.05, 0) is 49.2 Å². The topological polar surface area (TPSA) is 133 Å². The van der Waals surface area contributed by atoms with Crippen LogP contribution in [-0.2, 0) is 0 Å². The highest BCUT2D eigenvalue weighted by Gasteiger charge is 2.22. The molecule has 34 heavy (non-hydrogen) atoms. The second-order valence-electron chi connectivity index (χ2n) is 8.04. The van der Waals surface area contributed by atoms with Crippen molar-refractivity contribution < 1.29 is 9.53 Å². The van der Waals surface area contributed by atoms with Crippen LogP contribution in [0.15, 0.2) is 67.3 Å². The van der Waals surface area contributed by atoms with Crippen LogP contribution < -0.4 is 21.1 Å². The number of nitrogen functional groups attached to an aromatic ring is 1. The Hall–Kier alpha value is -4.47. The number of carbonyl (C=O) groups excluding carboxylic acids is 1. The summed E-state index contributed by atoms with van der Waals surface area (Å²) in [5.74, 6) is 2.24. The number of benzene rings is 1. The van der Waals surface area contributed by atoms with Crippen LogP contribution in [-0.4, -0.2) is 30.8 Å². The van der Waals surface area contributed by atoms with Crippen molar-refractivity contribution >= 4 is 23.4 Å². The summed E-state index contributed by atoms with van der Waals surface area (Å²) in [5.41, 5.74) is 8.08. The predicted molar refractivity (Wildman–Crippen MR) is 128 cm³/mol. The number of nitrogens with one attached hydrogen (secondary N) is 2. The van der Waals surface area contributed by atoms with E-state index in [1.54, 1.807) is 41.3 Å². The SMILES string of the molecule is Nc1cc(Oc2ccc(NC(=O)Nc3cc(C4CCCC4)nn3-c3ccncc3)cc2)ncn1. The standard InChI is InChI=1S/C24H24N8O2/c25-21-14-23(28-15-27-21)34-19-7-5-17(6-8-19)29-24(33)30-22-13-20(16-3-1-2-4-16)31-32(22)18-9-11-26-12-10-18/h5-16H,1-4H2,(H2,25,27,28)(H2,29,30,33). The van der Waals surface area contributed by atoms with Crippen molar-refractivity contribution in [3.8, 4) is 17.3 Å². The van der Waals surface area contributed by atoms with Gasteiger partial charge in [0.1, 0.15) is 23.7 Å². The Morgan fingerprint density at radius 2 is 1.76 bits per heavy atom. The minimum Gasteiger partial charge on any atom is -0.439 e. The van der Waals surface area contributed by atoms with Gasteiger partial charge >= 0.3 is 6.03 Å². The molecule has 0 radical (unpaired) electrons. The van der Waals surface area contributed by atoms with Crippen molar-refractivity contribution in [1.82, 2.24) is 24.7 Å². The van der Waals surface area contributed by atoms with Crippen LogP contribution >= 0.6 is 0 Å². The molecule has 0 spiro atoms. The van der Waals surface area contributed by atoms with Crippen molar-refractivity contribution in [3.63, 3.8) is 0 Å². The quantitative estimate of drug-likeness (QED) is 0.382. The van der Waals surface area contributed by atoms with E-state index in [-0.39, 0.29) is 6.03 Å². The van der Waals surface area contributed by atoms with Gasteiger partial charge in [0.25, 0.3) is 0 Å². The molecule has 10 heteroatoms. The minimum atomic E-state index is -0.370. The molecule has 0 aliphatic heterocycles. The van der Waals surface area contributed by atoms with E-state index >= 15 is 0 Å². The number of carbonyl (C=O) groups is 1. The average molecular weight is 457 g/mol. The van der Waals surface area contributed by atoms with Gasteiger partial charge in [-0.15, -0.1) is 0 Å². The Kier molecular flexibility index (Phi) is 6.02. The molecule has 3 aromatic heterocycles. The van der Waals surface area contributed by atoms with E-state index in [1.165, 1.54) is 25.2 Å². The van der Waals surface area contributed by atoms with E-state index in [9.17, 15) is 4.79 Å². The molecule has 1 aliphatic carbocycles. The fourth-order valence-electron chi connectivity index (χ4n) is 4.01. The van der Waals surface area contributed by atoms with Gasteiger partial charge in [0, 0.05) is 36.1 Å². The Balaban J connectivity index is 1.28. The number of amides is 2. The maximum Gasteiger partial charge on any atom is 0.324 e. The highest BCUT2D eigenvalue weighted by molar-refractivity contribution is 5.99. The number of nitrogens with zero attached hydrogens (tertiary/aromatic N) is 5. The number of ether oxygens (including phenoxy) is 1. The van der Waals surface area contributed by atoms with Gasteiger partial charge in [-0.25, -0.2) is 19.4 Å². The van der Waals surface area contributed by atoms with Crippen LogP contribution in [0.3, 0.4) is 0 Å². The van der Waals surface area contributed by atoms with Crippen molar-refractivity contribution in [2.45, 2.75) is 31.6 Å². The smallest absolute Gasteiger partial charge is 0.324 e. The lowest BCUT2D eigenvalue weighted by atomic mass is 10.0. The molecule has 1 aromatic carbocycles. The normalized spacial score (nSPS) is 13.5. The molecule has 10 nitrogen and oxygen atoms in total. The number of pyridine rings is 1. The lowest BCUT2D eigenvalue weighted by Gasteiger charge is -2.10. The van der Waals surface area contributed by atoms with E-state index in [0.29, 0.717) is 34.9 Å². The zero-order valence-corrected chi connectivity index (χ0v) is 18.4. The fraction of sp³-hybridized carbons (Fsp3) is 0.208. The summed E-state index contributed by atoms with van der Waals surface area (Å²) < 4.78 is 7.40. The summed E-state index contributed by atoms with van der Waals surface area (Å²) in [6, 6.07) is 13.8. The first-order valence-electron chi connectivity index (χ1n) is 11.1. The van der Waals surface area contributed by atoms with E-state index in [2.05, 4.69) is 25.6 Å². The van der Waals surface area contributed by atoms with Crippen LogP contribution in [0.25, 0.3) is 5.69 Å². The van der Waals surface area contributed by atoms with Crippen molar-refractivity contribution in [2.24, 2.45) is 0 Å². The number of rotatable bonds is 6. The largest absolute Gasteiger partial charge is 0.439 e. The highest BCUT2D eigenvalue weighted by Crippen LogP contribution is 2.35. The summed E-state index contributed by atoms with van der Waals surface area (Å²) in [6.45, 7) is 0. The Bertz CT molecular complexity index is 1270. The van der Waals surface area contributed by atoms with Crippen molar-refractivity contribution in [2.75, 3.05) is 16.4 Å². The average Bonchev–Trinajstić information content (AvgIpc) is 3.51. The second kappa shape index (κ2) is 9.57. The molecule has 0 unspecified atom stereocenters. The van der Waals surface area contributed by atoms with Crippen LogP contribution in [0.2, 0.25) is 0 Å². The highest BCUT2D eigenvalue weighted by atomic mass is 16.5. The third-order valence-corrected chi connectivity index (χ3v) is 5.65. The Morgan fingerprint density at radius 3 is 2.50 bits per heavy atom. The number of hydrogen-bond acceptors (Lipinski definition) is 7. The molecule has 2 amide bonds. The van der Waals surface area contributed by atoms with E-state index in [4.69, 9.17) is 15.6 Å². The molecule has 0 saturated heterocycles. The lowest BCUT2D eigenvalue weighted by Crippen LogP contribution is -2.21. The molecule has 172 valence electrons. The third-order valence-electron chi connectivity index (χ3n) is 5.65. The number of hydrogen-bond donors (Lipinski definition) is 3. The third kappa shape index (κ3) is 4.96. The molecule has 5 rings (SSSR count). The lowest BCUT2D eigenvalue weighted by molar-refractivity contribution is 0.262. The molecule has 1 fully saturated rings. The molecule has 4 N–H and O–H groups in total. The van der Waals surface area contributed by atoms with E-state index in [1.807, 2.05) is 18.2 Å². The maximum absolute atomic E-state index is 12.8. The molecule has 4 aromatic rings. The molecular weight excluding hydrogens is 432 g/mol. The zero-order chi connectivity index (χ0) is 23.3. The molecule has 3 heterocycles. The first kappa shape index (κ1) is 21.4. The van der Waals surface area contributed by atoms with Crippen LogP contribution in [0.4, 0.5) is 22.1 Å². The molecule has 1 aliphatic rings. The molecule has 0 bridgehead atoms. The fourth-order valence-corrected chi connectivity index (χ4v) is 4.01. The van der Waals surface area contributed by atoms with Crippen LogP contribution in [0, 0.1) is 0 Å². The molecule has 0 atom stereocenters. The maximum atomic E-state index is 12.8. The monoisotopic (exact) mass is 456 g/mol. The van der Waals surface area contributed by atoms with Gasteiger partial charge < -0.3 is 15.8 Å². The first-order chi connectivity index (χ1) is 16.6. The van der Waals surface area contributed by atoms with Gasteiger partial charge in [-0.1, -0.05) is 12.8 Å². The van der Waals surface area contributed by atoms with Gasteiger partial charge in [0.2, 0.25) is 5.88 Å². The summed E-state index contributed by atoms with van der Waals surface area (Å²) in [5, 5.41) is 10.6. The summed E-state index contributed by atoms with van der Waals surface area (Å²) in [6.07, 6.45) is 9.40. The second-order valence-corrected chi connectivity index (χ2v) is 8.04. The Labute approximate surface area is 196 Å². The summed E-state index contributed by atoms with van der Waals surface area (Å²) >= 11 is 0. The predicted octanol–water partition coefficient (Wildman–Crippen LogP) is 4.73. The van der Waals surface area contributed by atoms with Gasteiger partial charge in [0.15, 0.2) is 0 Å². The van der Waals surface area contributed by atoms with Crippen molar-refractivity contribution in [3.05, 3.63) is 72.9 Å². The summed E-state index contributed by atoms with van der Waals surface area (Å²) in [4.78, 5) is 24.7. The van der Waals surface area contributed by atoms with Crippen LogP contribution in [0.5, 0.6) is 11.6 Å². The van der Waals surface area contributed by atoms with Crippen molar-refractivity contribution in [1.29, 1.82) is 0 Å². The molecular formula is C24H24N8O2. The van der Waals surface area contributed by atoms with Gasteiger partial charge in [0.05, 0.1) is 11.4 Å². The summed E-state index contributed by atoms with van der Waals surface area (Å²) in [7, 11) is 0. The molecule has 1 saturated carbocycles.